The van der Waals surface area contributed by atoms with Crippen molar-refractivity contribution < 1.29 is 4.42 Å². The topological polar surface area (TPSA) is 52.0 Å². The van der Waals surface area contributed by atoms with Gasteiger partial charge in [0, 0.05) is 0 Å². The van der Waals surface area contributed by atoms with Crippen molar-refractivity contribution in [2.75, 3.05) is 0 Å². The zero-order chi connectivity index (χ0) is 14.2. The predicted molar refractivity (Wildman–Crippen MR) is 79.1 cm³/mol. The van der Waals surface area contributed by atoms with Gasteiger partial charge in [0.2, 0.25) is 5.89 Å². The monoisotopic (exact) mass is 260 g/mol. The summed E-state index contributed by atoms with van der Waals surface area (Å²) in [5, 5.41) is 0. The number of hydrogen-bond acceptors (Lipinski definition) is 3. The highest BCUT2D eigenvalue weighted by molar-refractivity contribution is 5.73. The van der Waals surface area contributed by atoms with Gasteiger partial charge < -0.3 is 10.2 Å². The van der Waals surface area contributed by atoms with Crippen LogP contribution in [0.4, 0.5) is 0 Å². The number of aromatic nitrogens is 1. The smallest absolute Gasteiger partial charge is 0.212 e. The van der Waals surface area contributed by atoms with E-state index in [1.807, 2.05) is 6.07 Å². The Morgan fingerprint density at radius 1 is 1.32 bits per heavy atom. The molecule has 1 aromatic heterocycles. The Hall–Kier alpha value is -1.35. The quantitative estimate of drug-likeness (QED) is 0.901. The molecule has 2 rings (SSSR count). The molecule has 2 N–H and O–H groups in total. The summed E-state index contributed by atoms with van der Waals surface area (Å²) in [5.41, 5.74) is 9.28. The first-order chi connectivity index (χ1) is 8.82. The zero-order valence-corrected chi connectivity index (χ0v) is 12.5. The zero-order valence-electron chi connectivity index (χ0n) is 12.5. The molecule has 2 aromatic rings. The molecule has 0 aliphatic heterocycles. The molecule has 104 valence electrons. The van der Waals surface area contributed by atoms with Crippen LogP contribution in [-0.2, 0) is 5.41 Å². The fraction of sp³-hybridized carbons (Fsp3) is 0.562. The first-order valence-corrected chi connectivity index (χ1v) is 6.99. The molecule has 2 unspecified atom stereocenters. The average molecular weight is 260 g/mol. The van der Waals surface area contributed by atoms with Crippen molar-refractivity contribution in [1.29, 1.82) is 0 Å². The van der Waals surface area contributed by atoms with Crippen molar-refractivity contribution >= 4 is 11.1 Å². The fourth-order valence-electron chi connectivity index (χ4n) is 2.05. The summed E-state index contributed by atoms with van der Waals surface area (Å²) in [7, 11) is 0. The van der Waals surface area contributed by atoms with Gasteiger partial charge in [-0.25, -0.2) is 4.98 Å². The Bertz CT molecular complexity index is 566. The standard InChI is InChI=1S/C16H24N2O/c1-6-10(2)14(17)15-18-12-9-11(16(3,4)5)7-8-13(12)19-15/h7-10,14H,6,17H2,1-5H3. The van der Waals surface area contributed by atoms with E-state index in [4.69, 9.17) is 10.2 Å². The molecule has 2 atom stereocenters. The summed E-state index contributed by atoms with van der Waals surface area (Å²) in [6.07, 6.45) is 1.02. The van der Waals surface area contributed by atoms with Gasteiger partial charge in [0.15, 0.2) is 5.58 Å². The second-order valence-corrected chi connectivity index (χ2v) is 6.40. The molecule has 1 aromatic carbocycles. The summed E-state index contributed by atoms with van der Waals surface area (Å²) in [4.78, 5) is 4.56. The van der Waals surface area contributed by atoms with Gasteiger partial charge in [-0.05, 0) is 29.0 Å². The molecule has 0 bridgehead atoms. The third kappa shape index (κ3) is 2.81. The van der Waals surface area contributed by atoms with Gasteiger partial charge in [-0.15, -0.1) is 0 Å². The van der Waals surface area contributed by atoms with E-state index in [0.29, 0.717) is 11.8 Å². The lowest BCUT2D eigenvalue weighted by Gasteiger charge is -2.18. The maximum absolute atomic E-state index is 6.18. The number of oxazole rings is 1. The molecular formula is C16H24N2O. The van der Waals surface area contributed by atoms with Crippen LogP contribution in [0.2, 0.25) is 0 Å². The lowest BCUT2D eigenvalue weighted by atomic mass is 9.87. The van der Waals surface area contributed by atoms with Crippen LogP contribution in [0, 0.1) is 5.92 Å². The number of fused-ring (bicyclic) bond motifs is 1. The largest absolute Gasteiger partial charge is 0.439 e. The van der Waals surface area contributed by atoms with Crippen molar-refractivity contribution in [3.63, 3.8) is 0 Å². The van der Waals surface area contributed by atoms with E-state index in [0.717, 1.165) is 17.5 Å². The number of nitrogens with zero attached hydrogens (tertiary/aromatic N) is 1. The fourth-order valence-corrected chi connectivity index (χ4v) is 2.05. The van der Waals surface area contributed by atoms with Gasteiger partial charge >= 0.3 is 0 Å². The van der Waals surface area contributed by atoms with Crippen LogP contribution in [0.1, 0.15) is 58.5 Å². The maximum atomic E-state index is 6.18. The molecule has 0 amide bonds. The third-order valence-corrected chi connectivity index (χ3v) is 3.81. The van der Waals surface area contributed by atoms with Crippen molar-refractivity contribution in [1.82, 2.24) is 4.98 Å². The van der Waals surface area contributed by atoms with Gasteiger partial charge in [-0.3, -0.25) is 0 Å². The molecule has 3 nitrogen and oxygen atoms in total. The molecule has 3 heteroatoms. The molecular weight excluding hydrogens is 236 g/mol. The van der Waals surface area contributed by atoms with E-state index < -0.39 is 0 Å². The number of nitrogens with two attached hydrogens (primary N) is 1. The van der Waals surface area contributed by atoms with Gasteiger partial charge in [-0.2, -0.15) is 0 Å². The van der Waals surface area contributed by atoms with Gasteiger partial charge in [0.05, 0.1) is 6.04 Å². The van der Waals surface area contributed by atoms with Crippen molar-refractivity contribution in [2.45, 2.75) is 52.5 Å². The van der Waals surface area contributed by atoms with Crippen molar-refractivity contribution in [2.24, 2.45) is 11.7 Å². The number of rotatable bonds is 3. The Morgan fingerprint density at radius 2 is 2.00 bits per heavy atom. The van der Waals surface area contributed by atoms with Crippen LogP contribution in [0.25, 0.3) is 11.1 Å². The maximum Gasteiger partial charge on any atom is 0.212 e. The average Bonchev–Trinajstić information content (AvgIpc) is 2.78. The minimum Gasteiger partial charge on any atom is -0.439 e. The molecule has 19 heavy (non-hydrogen) atoms. The third-order valence-electron chi connectivity index (χ3n) is 3.81. The van der Waals surface area contributed by atoms with Crippen LogP contribution in [0.15, 0.2) is 22.6 Å². The van der Waals surface area contributed by atoms with Crippen LogP contribution in [0.3, 0.4) is 0 Å². The van der Waals surface area contributed by atoms with Crippen LogP contribution in [-0.4, -0.2) is 4.98 Å². The molecule has 0 aliphatic carbocycles. The SMILES string of the molecule is CCC(C)C(N)c1nc2cc(C(C)(C)C)ccc2o1. The molecule has 0 saturated carbocycles. The Labute approximate surface area is 115 Å². The predicted octanol–water partition coefficient (Wildman–Crippen LogP) is 4.17. The van der Waals surface area contributed by atoms with Crippen LogP contribution >= 0.6 is 0 Å². The minimum absolute atomic E-state index is 0.117. The highest BCUT2D eigenvalue weighted by Crippen LogP contribution is 2.29. The summed E-state index contributed by atoms with van der Waals surface area (Å²) in [6.45, 7) is 10.8. The van der Waals surface area contributed by atoms with Crippen LogP contribution in [0.5, 0.6) is 0 Å². The van der Waals surface area contributed by atoms with Crippen molar-refractivity contribution in [3.8, 4) is 0 Å². The van der Waals surface area contributed by atoms with Crippen molar-refractivity contribution in [3.05, 3.63) is 29.7 Å². The van der Waals surface area contributed by atoms with Gasteiger partial charge in [-0.1, -0.05) is 47.1 Å². The first kappa shape index (κ1) is 14.1. The second kappa shape index (κ2) is 4.97. The summed E-state index contributed by atoms with van der Waals surface area (Å²) >= 11 is 0. The molecule has 1 heterocycles. The summed E-state index contributed by atoms with van der Waals surface area (Å²) in [6, 6.07) is 6.07. The molecule has 0 spiro atoms. The Kier molecular flexibility index (Phi) is 3.68. The van der Waals surface area contributed by atoms with Gasteiger partial charge in [0.1, 0.15) is 5.52 Å². The summed E-state index contributed by atoms with van der Waals surface area (Å²) in [5.74, 6) is 1.02. The molecule has 0 saturated heterocycles. The molecule has 0 radical (unpaired) electrons. The first-order valence-electron chi connectivity index (χ1n) is 6.99. The normalized spacial score (nSPS) is 15.7. The van der Waals surface area contributed by atoms with Crippen LogP contribution < -0.4 is 5.73 Å². The van der Waals surface area contributed by atoms with E-state index in [2.05, 4.69) is 51.7 Å². The Balaban J connectivity index is 2.41. The van der Waals surface area contributed by atoms with Gasteiger partial charge in [0.25, 0.3) is 0 Å². The molecule has 0 aliphatic rings. The lowest BCUT2D eigenvalue weighted by Crippen LogP contribution is -2.18. The number of hydrogen-bond donors (Lipinski definition) is 1. The Morgan fingerprint density at radius 3 is 2.58 bits per heavy atom. The summed E-state index contributed by atoms with van der Waals surface area (Å²) < 4.78 is 5.78. The van der Waals surface area contributed by atoms with E-state index >= 15 is 0 Å². The second-order valence-electron chi connectivity index (χ2n) is 6.40. The molecule has 0 fully saturated rings. The van der Waals surface area contributed by atoms with E-state index in [9.17, 15) is 0 Å². The highest BCUT2D eigenvalue weighted by atomic mass is 16.3. The van der Waals surface area contributed by atoms with E-state index in [-0.39, 0.29) is 11.5 Å². The van der Waals surface area contributed by atoms with E-state index in [1.54, 1.807) is 0 Å². The minimum atomic E-state index is -0.129. The lowest BCUT2D eigenvalue weighted by molar-refractivity contribution is 0.375. The highest BCUT2D eigenvalue weighted by Gasteiger charge is 2.20. The number of benzene rings is 1. The van der Waals surface area contributed by atoms with E-state index in [1.165, 1.54) is 5.56 Å².